The second-order valence-electron chi connectivity index (χ2n) is 7.41. The largest absolute Gasteiger partial charge is 0.338 e. The topological polar surface area (TPSA) is 49.4 Å². The van der Waals surface area contributed by atoms with Crippen molar-refractivity contribution in [2.45, 2.75) is 46.0 Å². The normalized spacial score (nSPS) is 26.4. The Bertz CT molecular complexity index is 650. The summed E-state index contributed by atoms with van der Waals surface area (Å²) in [5.41, 5.74) is 1.77. The van der Waals surface area contributed by atoms with Crippen LogP contribution in [0.25, 0.3) is 0 Å². The summed E-state index contributed by atoms with van der Waals surface area (Å²) in [5, 5.41) is 3.78. The van der Waals surface area contributed by atoms with E-state index < -0.39 is 0 Å². The number of hydrogen-bond donors (Lipinski definition) is 1. The molecule has 0 spiro atoms. The van der Waals surface area contributed by atoms with Crippen LogP contribution < -0.4 is 5.32 Å². The standard InChI is InChI=1S/C18H24N2O2S/c1-10-11(2)23-17(19-16(21)12-6-7-12)15(10)18(22)20-8-13-4-3-5-14(13)9-20/h12-14H,3-9H2,1-2H3,(H,19,21)/t13-,14-/m0/s1. The van der Waals surface area contributed by atoms with E-state index in [-0.39, 0.29) is 17.7 Å². The van der Waals surface area contributed by atoms with Gasteiger partial charge in [0.1, 0.15) is 5.00 Å². The van der Waals surface area contributed by atoms with E-state index in [0.29, 0.717) is 11.8 Å². The van der Waals surface area contributed by atoms with Gasteiger partial charge in [0, 0.05) is 23.9 Å². The van der Waals surface area contributed by atoms with E-state index >= 15 is 0 Å². The minimum absolute atomic E-state index is 0.0820. The molecule has 5 heteroatoms. The molecule has 23 heavy (non-hydrogen) atoms. The van der Waals surface area contributed by atoms with Gasteiger partial charge in [-0.15, -0.1) is 11.3 Å². The zero-order chi connectivity index (χ0) is 16.1. The number of amides is 2. The van der Waals surface area contributed by atoms with Crippen molar-refractivity contribution in [3.05, 3.63) is 16.0 Å². The molecule has 1 saturated heterocycles. The number of nitrogens with zero attached hydrogens (tertiary/aromatic N) is 1. The number of fused-ring (bicyclic) bond motifs is 1. The first-order valence-corrected chi connectivity index (χ1v) is 9.56. The molecule has 1 N–H and O–H groups in total. The van der Waals surface area contributed by atoms with Gasteiger partial charge in [-0.3, -0.25) is 9.59 Å². The first-order valence-electron chi connectivity index (χ1n) is 8.74. The summed E-state index contributed by atoms with van der Waals surface area (Å²) in [6, 6.07) is 0. The Morgan fingerprint density at radius 3 is 2.35 bits per heavy atom. The second-order valence-corrected chi connectivity index (χ2v) is 8.64. The van der Waals surface area contributed by atoms with Crippen LogP contribution in [0.5, 0.6) is 0 Å². The van der Waals surface area contributed by atoms with E-state index in [4.69, 9.17) is 0 Å². The molecule has 1 aromatic rings. The molecule has 3 fully saturated rings. The van der Waals surface area contributed by atoms with Crippen molar-refractivity contribution in [2.75, 3.05) is 18.4 Å². The maximum absolute atomic E-state index is 13.1. The number of carbonyl (C=O) groups is 2. The van der Waals surface area contributed by atoms with E-state index in [1.807, 2.05) is 18.7 Å². The van der Waals surface area contributed by atoms with Gasteiger partial charge >= 0.3 is 0 Å². The lowest BCUT2D eigenvalue weighted by Crippen LogP contribution is -2.30. The highest BCUT2D eigenvalue weighted by Crippen LogP contribution is 2.41. The Balaban J connectivity index is 1.57. The van der Waals surface area contributed by atoms with Crippen LogP contribution in [0.2, 0.25) is 0 Å². The highest BCUT2D eigenvalue weighted by atomic mass is 32.1. The van der Waals surface area contributed by atoms with Crippen molar-refractivity contribution < 1.29 is 9.59 Å². The van der Waals surface area contributed by atoms with Gasteiger partial charge in [0.15, 0.2) is 0 Å². The third kappa shape index (κ3) is 2.69. The summed E-state index contributed by atoms with van der Waals surface area (Å²) in [5.74, 6) is 1.75. The van der Waals surface area contributed by atoms with Crippen LogP contribution in [-0.2, 0) is 4.79 Å². The van der Waals surface area contributed by atoms with Crippen LogP contribution in [-0.4, -0.2) is 29.8 Å². The Labute approximate surface area is 141 Å². The van der Waals surface area contributed by atoms with Crippen molar-refractivity contribution in [3.63, 3.8) is 0 Å². The number of nitrogens with one attached hydrogen (secondary N) is 1. The third-order valence-electron chi connectivity index (χ3n) is 5.80. The fourth-order valence-corrected chi connectivity index (χ4v) is 5.15. The Hall–Kier alpha value is -1.36. The van der Waals surface area contributed by atoms with E-state index in [1.54, 1.807) is 11.3 Å². The zero-order valence-corrected chi connectivity index (χ0v) is 14.7. The number of carbonyl (C=O) groups excluding carboxylic acids is 2. The van der Waals surface area contributed by atoms with E-state index in [9.17, 15) is 9.59 Å². The van der Waals surface area contributed by atoms with Gasteiger partial charge in [0.05, 0.1) is 5.56 Å². The molecule has 2 aliphatic carbocycles. The molecule has 0 bridgehead atoms. The minimum Gasteiger partial charge on any atom is -0.338 e. The van der Waals surface area contributed by atoms with Crippen LogP contribution >= 0.6 is 11.3 Å². The summed E-state index contributed by atoms with van der Waals surface area (Å²) in [7, 11) is 0. The summed E-state index contributed by atoms with van der Waals surface area (Å²) < 4.78 is 0. The molecule has 2 saturated carbocycles. The van der Waals surface area contributed by atoms with Crippen molar-refractivity contribution in [1.82, 2.24) is 4.90 Å². The fourth-order valence-electron chi connectivity index (χ4n) is 4.09. The predicted octanol–water partition coefficient (Wildman–Crippen LogP) is 3.59. The monoisotopic (exact) mass is 332 g/mol. The molecule has 2 heterocycles. The Kier molecular flexibility index (Phi) is 3.71. The number of hydrogen-bond acceptors (Lipinski definition) is 3. The molecule has 2 atom stereocenters. The smallest absolute Gasteiger partial charge is 0.257 e. The molecule has 0 aromatic carbocycles. The molecule has 124 valence electrons. The van der Waals surface area contributed by atoms with Gasteiger partial charge < -0.3 is 10.2 Å². The second kappa shape index (κ2) is 5.62. The molecule has 2 amide bonds. The molecular formula is C18H24N2O2S. The van der Waals surface area contributed by atoms with Gasteiger partial charge in [-0.2, -0.15) is 0 Å². The van der Waals surface area contributed by atoms with Crippen molar-refractivity contribution >= 4 is 28.2 Å². The first kappa shape index (κ1) is 15.2. The van der Waals surface area contributed by atoms with Crippen LogP contribution in [0, 0.1) is 31.6 Å². The zero-order valence-electron chi connectivity index (χ0n) is 13.9. The first-order chi connectivity index (χ1) is 11.0. The predicted molar refractivity (Wildman–Crippen MR) is 91.9 cm³/mol. The Morgan fingerprint density at radius 2 is 1.74 bits per heavy atom. The van der Waals surface area contributed by atoms with Crippen LogP contribution in [0.1, 0.15) is 52.9 Å². The van der Waals surface area contributed by atoms with Crippen molar-refractivity contribution in [2.24, 2.45) is 17.8 Å². The highest BCUT2D eigenvalue weighted by molar-refractivity contribution is 7.16. The maximum atomic E-state index is 13.1. The van der Waals surface area contributed by atoms with E-state index in [0.717, 1.165) is 46.9 Å². The third-order valence-corrected chi connectivity index (χ3v) is 6.92. The number of likely N-dealkylation sites (tertiary alicyclic amines) is 1. The van der Waals surface area contributed by atoms with Gasteiger partial charge in [-0.1, -0.05) is 6.42 Å². The van der Waals surface area contributed by atoms with Crippen LogP contribution in [0.3, 0.4) is 0 Å². The lowest BCUT2D eigenvalue weighted by atomic mass is 10.0. The average Bonchev–Trinajstić information content (AvgIpc) is 3.05. The molecule has 3 aliphatic rings. The number of anilines is 1. The molecule has 4 nitrogen and oxygen atoms in total. The molecule has 4 rings (SSSR count). The highest BCUT2D eigenvalue weighted by Gasteiger charge is 2.39. The van der Waals surface area contributed by atoms with Crippen LogP contribution in [0.15, 0.2) is 0 Å². The Morgan fingerprint density at radius 1 is 1.09 bits per heavy atom. The summed E-state index contributed by atoms with van der Waals surface area (Å²) in [4.78, 5) is 28.4. The fraction of sp³-hybridized carbons (Fsp3) is 0.667. The van der Waals surface area contributed by atoms with Crippen LogP contribution in [0.4, 0.5) is 5.00 Å². The minimum atomic E-state index is 0.0820. The molecule has 1 aromatic heterocycles. The van der Waals surface area contributed by atoms with Gasteiger partial charge in [0.2, 0.25) is 5.91 Å². The van der Waals surface area contributed by atoms with Crippen molar-refractivity contribution in [1.29, 1.82) is 0 Å². The quantitative estimate of drug-likeness (QED) is 0.919. The van der Waals surface area contributed by atoms with Gasteiger partial charge in [-0.05, 0) is 56.9 Å². The molecule has 1 aliphatic heterocycles. The molecular weight excluding hydrogens is 308 g/mol. The average molecular weight is 332 g/mol. The number of thiophene rings is 1. The summed E-state index contributed by atoms with van der Waals surface area (Å²) in [6.07, 6.45) is 5.81. The molecule has 0 radical (unpaired) electrons. The molecule has 0 unspecified atom stereocenters. The van der Waals surface area contributed by atoms with E-state index in [2.05, 4.69) is 5.32 Å². The number of rotatable bonds is 3. The maximum Gasteiger partial charge on any atom is 0.257 e. The van der Waals surface area contributed by atoms with Gasteiger partial charge in [0.25, 0.3) is 5.91 Å². The number of aryl methyl sites for hydroxylation is 1. The summed E-state index contributed by atoms with van der Waals surface area (Å²) >= 11 is 1.54. The lowest BCUT2D eigenvalue weighted by molar-refractivity contribution is -0.117. The lowest BCUT2D eigenvalue weighted by Gasteiger charge is -2.18. The van der Waals surface area contributed by atoms with E-state index in [1.165, 1.54) is 19.3 Å². The summed E-state index contributed by atoms with van der Waals surface area (Å²) in [6.45, 7) is 5.83. The van der Waals surface area contributed by atoms with Crippen molar-refractivity contribution in [3.8, 4) is 0 Å². The SMILES string of the molecule is Cc1sc(NC(=O)C2CC2)c(C(=O)N2C[C@@H]3CCC[C@H]3C2)c1C. The van der Waals surface area contributed by atoms with Gasteiger partial charge in [-0.25, -0.2) is 0 Å².